The number of nitrogens with one attached hydrogen (secondary N) is 1. The molecule has 1 atom stereocenters. The molecular weight excluding hydrogens is 440 g/mol. The summed E-state index contributed by atoms with van der Waals surface area (Å²) in [6, 6.07) is 11.8. The van der Waals surface area contributed by atoms with Crippen molar-refractivity contribution in [2.75, 3.05) is 26.3 Å². The summed E-state index contributed by atoms with van der Waals surface area (Å²) in [4.78, 5) is 43.6. The third kappa shape index (κ3) is 5.52. The molecule has 0 unspecified atom stereocenters. The number of carboxylic acid groups (broad SMARTS) is 1. The third-order valence-electron chi connectivity index (χ3n) is 5.67. The number of carbonyl (C=O) groups excluding carboxylic acids is 2. The van der Waals surface area contributed by atoms with E-state index in [0.717, 1.165) is 0 Å². The quantitative estimate of drug-likeness (QED) is 0.496. The number of imidazole rings is 1. The van der Waals surface area contributed by atoms with E-state index in [1.54, 1.807) is 45.9 Å². The lowest BCUT2D eigenvalue weighted by atomic mass is 10.0. The number of carboxylic acids is 1. The molecule has 1 fully saturated rings. The zero-order valence-electron chi connectivity index (χ0n) is 18.6. The molecule has 1 aliphatic heterocycles. The van der Waals surface area contributed by atoms with Crippen molar-refractivity contribution in [2.45, 2.75) is 25.4 Å². The molecule has 10 nitrogen and oxygen atoms in total. The largest absolute Gasteiger partial charge is 0.476 e. The zero-order chi connectivity index (χ0) is 23.9. The molecule has 1 aliphatic rings. The maximum absolute atomic E-state index is 13.1. The lowest BCUT2D eigenvalue weighted by Crippen LogP contribution is -2.41. The van der Waals surface area contributed by atoms with Crippen molar-refractivity contribution in [3.63, 3.8) is 0 Å². The van der Waals surface area contributed by atoms with E-state index in [9.17, 15) is 19.5 Å². The van der Waals surface area contributed by atoms with Crippen molar-refractivity contribution in [3.8, 4) is 11.3 Å². The second-order valence-electron chi connectivity index (χ2n) is 7.93. The van der Waals surface area contributed by atoms with E-state index in [-0.39, 0.29) is 36.9 Å². The molecule has 0 saturated carbocycles. The Bertz CT molecular complexity index is 1120. The Hall–Kier alpha value is -3.92. The fourth-order valence-electron chi connectivity index (χ4n) is 3.97. The highest BCUT2D eigenvalue weighted by atomic mass is 16.5. The topological polar surface area (TPSA) is 127 Å². The number of aromatic nitrogens is 2. The van der Waals surface area contributed by atoms with Crippen LogP contribution >= 0.6 is 0 Å². The molecule has 3 aromatic rings. The smallest absolute Gasteiger partial charge is 0.356 e. The average Bonchev–Trinajstić information content (AvgIpc) is 3.54. The molecule has 2 N–H and O–H groups in total. The fourth-order valence-corrected chi connectivity index (χ4v) is 3.97. The molecule has 3 heterocycles. The Balaban J connectivity index is 1.62. The summed E-state index contributed by atoms with van der Waals surface area (Å²) in [5.41, 5.74) is 0.856. The first-order valence-electron chi connectivity index (χ1n) is 11.0. The molecule has 1 aromatic carbocycles. The van der Waals surface area contributed by atoms with Gasteiger partial charge in [-0.1, -0.05) is 30.3 Å². The number of benzene rings is 1. The molecular formula is C24H26N4O6. The van der Waals surface area contributed by atoms with Crippen LogP contribution < -0.4 is 5.32 Å². The molecule has 1 saturated heterocycles. The van der Waals surface area contributed by atoms with Crippen LogP contribution in [0.25, 0.3) is 11.3 Å². The lowest BCUT2D eigenvalue weighted by Gasteiger charge is -2.29. The highest BCUT2D eigenvalue weighted by Gasteiger charge is 2.28. The van der Waals surface area contributed by atoms with Crippen LogP contribution in [0.5, 0.6) is 0 Å². The van der Waals surface area contributed by atoms with Gasteiger partial charge in [-0.25, -0.2) is 9.78 Å². The summed E-state index contributed by atoms with van der Waals surface area (Å²) < 4.78 is 12.2. The van der Waals surface area contributed by atoms with Gasteiger partial charge in [0.1, 0.15) is 5.76 Å². The average molecular weight is 466 g/mol. The van der Waals surface area contributed by atoms with E-state index in [4.69, 9.17) is 9.15 Å². The van der Waals surface area contributed by atoms with Crippen LogP contribution in [-0.2, 0) is 20.9 Å². The molecule has 2 aromatic heterocycles. The fraction of sp³-hybridized carbons (Fsp3) is 0.333. The Kier molecular flexibility index (Phi) is 7.38. The number of morpholine rings is 1. The van der Waals surface area contributed by atoms with E-state index in [1.165, 1.54) is 12.6 Å². The van der Waals surface area contributed by atoms with Gasteiger partial charge >= 0.3 is 5.97 Å². The number of nitrogens with zero attached hydrogens (tertiary/aromatic N) is 3. The second-order valence-corrected chi connectivity index (χ2v) is 7.93. The van der Waals surface area contributed by atoms with Crippen LogP contribution in [0, 0.1) is 0 Å². The SMILES string of the molecule is O=C(C[C@@H](CC(=O)N1CCOCC1)n1cnc(C(=O)O)c1-c1ccccc1)NCc1ccco1. The Labute approximate surface area is 196 Å². The summed E-state index contributed by atoms with van der Waals surface area (Å²) in [7, 11) is 0. The number of ether oxygens (including phenoxy) is 1. The number of amides is 2. The number of furan rings is 1. The van der Waals surface area contributed by atoms with Crippen LogP contribution in [-0.4, -0.2) is 63.6 Å². The normalized spacial score (nSPS) is 14.5. The highest BCUT2D eigenvalue weighted by molar-refractivity contribution is 5.93. The van der Waals surface area contributed by atoms with Crippen LogP contribution in [0.4, 0.5) is 0 Å². The number of hydrogen-bond donors (Lipinski definition) is 2. The van der Waals surface area contributed by atoms with Crippen LogP contribution in [0.2, 0.25) is 0 Å². The molecule has 34 heavy (non-hydrogen) atoms. The second kappa shape index (κ2) is 10.8. The van der Waals surface area contributed by atoms with Crippen LogP contribution in [0.1, 0.15) is 35.1 Å². The number of aromatic carboxylic acids is 1. The van der Waals surface area contributed by atoms with Crippen molar-refractivity contribution < 1.29 is 28.6 Å². The molecule has 0 spiro atoms. The first kappa shape index (κ1) is 23.2. The first-order chi connectivity index (χ1) is 16.5. The van der Waals surface area contributed by atoms with Gasteiger partial charge < -0.3 is 29.0 Å². The van der Waals surface area contributed by atoms with Gasteiger partial charge in [-0.2, -0.15) is 0 Å². The van der Waals surface area contributed by atoms with Gasteiger partial charge in [-0.3, -0.25) is 9.59 Å². The molecule has 0 aliphatic carbocycles. The molecule has 0 radical (unpaired) electrons. The minimum Gasteiger partial charge on any atom is -0.476 e. The van der Waals surface area contributed by atoms with Crippen molar-refractivity contribution in [2.24, 2.45) is 0 Å². The van der Waals surface area contributed by atoms with Gasteiger partial charge in [0.25, 0.3) is 0 Å². The number of hydrogen-bond acceptors (Lipinski definition) is 6. The maximum atomic E-state index is 13.1. The van der Waals surface area contributed by atoms with Gasteiger partial charge in [0, 0.05) is 31.5 Å². The van der Waals surface area contributed by atoms with E-state index in [1.807, 2.05) is 6.07 Å². The van der Waals surface area contributed by atoms with E-state index in [2.05, 4.69) is 10.3 Å². The number of rotatable bonds is 9. The third-order valence-corrected chi connectivity index (χ3v) is 5.67. The summed E-state index contributed by atoms with van der Waals surface area (Å²) >= 11 is 0. The monoisotopic (exact) mass is 466 g/mol. The van der Waals surface area contributed by atoms with Crippen LogP contribution in [0.15, 0.2) is 59.5 Å². The molecule has 178 valence electrons. The molecule has 0 bridgehead atoms. The van der Waals surface area contributed by atoms with E-state index >= 15 is 0 Å². The molecule has 4 rings (SSSR count). The maximum Gasteiger partial charge on any atom is 0.356 e. The molecule has 10 heteroatoms. The first-order valence-corrected chi connectivity index (χ1v) is 11.0. The van der Waals surface area contributed by atoms with Crippen molar-refractivity contribution in [1.29, 1.82) is 0 Å². The van der Waals surface area contributed by atoms with E-state index in [0.29, 0.717) is 43.3 Å². The van der Waals surface area contributed by atoms with Crippen molar-refractivity contribution >= 4 is 17.8 Å². The number of carbonyl (C=O) groups is 3. The van der Waals surface area contributed by atoms with Gasteiger partial charge in [0.2, 0.25) is 11.8 Å². The predicted molar refractivity (Wildman–Crippen MR) is 121 cm³/mol. The van der Waals surface area contributed by atoms with Crippen molar-refractivity contribution in [3.05, 3.63) is 66.5 Å². The van der Waals surface area contributed by atoms with Gasteiger partial charge in [-0.15, -0.1) is 0 Å². The van der Waals surface area contributed by atoms with Gasteiger partial charge in [0.05, 0.1) is 44.1 Å². The zero-order valence-corrected chi connectivity index (χ0v) is 18.6. The van der Waals surface area contributed by atoms with Crippen LogP contribution in [0.3, 0.4) is 0 Å². The summed E-state index contributed by atoms with van der Waals surface area (Å²) in [6.07, 6.45) is 2.90. The summed E-state index contributed by atoms with van der Waals surface area (Å²) in [5, 5.41) is 12.5. The minimum absolute atomic E-state index is 0.0173. The lowest BCUT2D eigenvalue weighted by molar-refractivity contribution is -0.136. The minimum atomic E-state index is -1.18. The summed E-state index contributed by atoms with van der Waals surface area (Å²) in [5.74, 6) is -0.995. The Morgan fingerprint density at radius 2 is 1.82 bits per heavy atom. The van der Waals surface area contributed by atoms with Crippen molar-refractivity contribution in [1.82, 2.24) is 19.8 Å². The van der Waals surface area contributed by atoms with Gasteiger partial charge in [-0.05, 0) is 12.1 Å². The Morgan fingerprint density at radius 1 is 1.06 bits per heavy atom. The predicted octanol–water partition coefficient (Wildman–Crippen LogP) is 2.34. The Morgan fingerprint density at radius 3 is 2.50 bits per heavy atom. The van der Waals surface area contributed by atoms with E-state index < -0.39 is 12.0 Å². The summed E-state index contributed by atoms with van der Waals surface area (Å²) in [6.45, 7) is 2.09. The molecule has 2 amide bonds. The highest BCUT2D eigenvalue weighted by Crippen LogP contribution is 2.30. The van der Waals surface area contributed by atoms with Gasteiger partial charge in [0.15, 0.2) is 5.69 Å². The standard InChI is InChI=1S/C24H26N4O6/c29-20(25-15-19-7-4-10-34-19)13-18(14-21(30)27-8-11-33-12-9-27)28-16-26-22(24(31)32)23(28)17-5-2-1-3-6-17/h1-7,10,16,18H,8-9,11-15H2,(H,25,29)(H,31,32)/t18-/m0/s1.